The van der Waals surface area contributed by atoms with Crippen molar-refractivity contribution in [2.24, 2.45) is 0 Å². The van der Waals surface area contributed by atoms with Gasteiger partial charge in [-0.15, -0.1) is 10.2 Å². The molecule has 1 aliphatic carbocycles. The van der Waals surface area contributed by atoms with Crippen molar-refractivity contribution >= 4 is 47.9 Å². The zero-order valence-corrected chi connectivity index (χ0v) is 26.5. The Morgan fingerprint density at radius 3 is 2.44 bits per heavy atom. The summed E-state index contributed by atoms with van der Waals surface area (Å²) in [5, 5.41) is 21.2. The number of hydrogen-bond donors (Lipinski definition) is 1. The van der Waals surface area contributed by atoms with E-state index in [4.69, 9.17) is 5.10 Å². The van der Waals surface area contributed by atoms with Crippen LogP contribution in [0.15, 0.2) is 23.1 Å². The Hall–Kier alpha value is -2.88. The van der Waals surface area contributed by atoms with Gasteiger partial charge in [0.2, 0.25) is 20.0 Å². The Morgan fingerprint density at radius 2 is 1.91 bits per heavy atom. The molecule has 0 radical (unpaired) electrons. The van der Waals surface area contributed by atoms with Crippen LogP contribution in [0, 0.1) is 11.3 Å². The zero-order valence-electron chi connectivity index (χ0n) is 24.1. The monoisotopic (exact) mass is 654 g/mol. The van der Waals surface area contributed by atoms with E-state index in [2.05, 4.69) is 14.9 Å². The number of likely N-dealkylation sites (N-methyl/N-ethyl adjacent to an activating group) is 1. The second-order valence-electron chi connectivity index (χ2n) is 11.2. The summed E-state index contributed by atoms with van der Waals surface area (Å²) >= 11 is 0.676. The molecule has 232 valence electrons. The third kappa shape index (κ3) is 6.22. The highest BCUT2D eigenvalue weighted by atomic mass is 32.2. The van der Waals surface area contributed by atoms with Gasteiger partial charge in [-0.3, -0.25) is 4.68 Å². The molecule has 0 spiro atoms. The van der Waals surface area contributed by atoms with Crippen LogP contribution in [-0.4, -0.2) is 90.5 Å². The van der Waals surface area contributed by atoms with E-state index in [1.807, 2.05) is 25.1 Å². The topological polar surface area (TPSA) is 154 Å². The van der Waals surface area contributed by atoms with Crippen molar-refractivity contribution in [3.05, 3.63) is 28.8 Å². The maximum atomic E-state index is 13.6. The van der Waals surface area contributed by atoms with Crippen LogP contribution in [-0.2, 0) is 26.6 Å². The van der Waals surface area contributed by atoms with Crippen molar-refractivity contribution in [3.63, 3.8) is 0 Å². The standard InChI is InChI=1S/C26H32F2N8O4S3/c1-16(2)43(39,40)35-9-5-17(6-10-35)19-13-18(42(37,38)33-26(15-29)7-8-26)14-20-21(24-30-31-25(41-24)23(27)28)32-36(22(19)20)12-11-34(3)4/h5,13-14,16,23,33H,6-12H2,1-4H3. The number of nitriles is 1. The van der Waals surface area contributed by atoms with Gasteiger partial charge in [0.05, 0.1) is 28.3 Å². The summed E-state index contributed by atoms with van der Waals surface area (Å²) in [7, 11) is -3.92. The van der Waals surface area contributed by atoms with Crippen molar-refractivity contribution < 1.29 is 25.6 Å². The number of hydrogen-bond acceptors (Lipinski definition) is 10. The van der Waals surface area contributed by atoms with Crippen LogP contribution in [0.3, 0.4) is 0 Å². The molecule has 0 atom stereocenters. The van der Waals surface area contributed by atoms with Crippen LogP contribution in [0.5, 0.6) is 0 Å². The Balaban J connectivity index is 1.72. The molecule has 0 amide bonds. The number of halogens is 2. The molecular formula is C26H32F2N8O4S3. The van der Waals surface area contributed by atoms with Crippen molar-refractivity contribution in [1.82, 2.24) is 33.9 Å². The highest BCUT2D eigenvalue weighted by Crippen LogP contribution is 2.40. The SMILES string of the molecule is CC(C)S(=O)(=O)N1CC=C(c2cc(S(=O)(=O)NC3(C#N)CC3)cc3c(-c4nnc(C(F)F)s4)nn(CCN(C)C)c23)CC1. The molecule has 1 N–H and O–H groups in total. The van der Waals surface area contributed by atoms with E-state index in [9.17, 15) is 30.9 Å². The van der Waals surface area contributed by atoms with Crippen LogP contribution in [0.25, 0.3) is 27.2 Å². The number of nitrogens with one attached hydrogen (secondary N) is 1. The number of benzene rings is 1. The predicted octanol–water partition coefficient (Wildman–Crippen LogP) is 3.22. The highest BCUT2D eigenvalue weighted by molar-refractivity contribution is 7.90. The van der Waals surface area contributed by atoms with Crippen LogP contribution >= 0.6 is 11.3 Å². The molecule has 3 aromatic rings. The molecule has 2 aliphatic rings. The van der Waals surface area contributed by atoms with Crippen LogP contribution in [0.4, 0.5) is 8.78 Å². The first-order valence-corrected chi connectivity index (χ1v) is 17.4. The number of alkyl halides is 2. The van der Waals surface area contributed by atoms with Crippen LogP contribution < -0.4 is 4.72 Å². The number of rotatable bonds is 11. The quantitative estimate of drug-likeness (QED) is 0.328. The first-order chi connectivity index (χ1) is 20.2. The Labute approximate surface area is 253 Å². The van der Waals surface area contributed by atoms with Gasteiger partial charge in [0.25, 0.3) is 6.43 Å². The summed E-state index contributed by atoms with van der Waals surface area (Å²) in [5.41, 5.74) is 0.850. The van der Waals surface area contributed by atoms with Gasteiger partial charge >= 0.3 is 0 Å². The van der Waals surface area contributed by atoms with E-state index >= 15 is 0 Å². The lowest BCUT2D eigenvalue weighted by Gasteiger charge is -2.28. The van der Waals surface area contributed by atoms with Crippen molar-refractivity contribution in [1.29, 1.82) is 5.26 Å². The van der Waals surface area contributed by atoms with Crippen LogP contribution in [0.2, 0.25) is 0 Å². The second kappa shape index (κ2) is 11.6. The van der Waals surface area contributed by atoms with Crippen LogP contribution in [0.1, 0.15) is 50.1 Å². The second-order valence-corrected chi connectivity index (χ2v) is 16.4. The highest BCUT2D eigenvalue weighted by Gasteiger charge is 2.47. The van der Waals surface area contributed by atoms with Crippen molar-refractivity contribution in [3.8, 4) is 16.8 Å². The maximum absolute atomic E-state index is 13.6. The Bertz CT molecular complexity index is 1840. The lowest BCUT2D eigenvalue weighted by atomic mass is 9.97. The third-order valence-electron chi connectivity index (χ3n) is 7.48. The zero-order chi connectivity index (χ0) is 31.3. The number of aromatic nitrogens is 4. The van der Waals surface area contributed by atoms with E-state index in [0.717, 1.165) is 5.57 Å². The molecule has 0 bridgehead atoms. The van der Waals surface area contributed by atoms with Gasteiger partial charge in [-0.25, -0.2) is 25.6 Å². The number of fused-ring (bicyclic) bond motifs is 1. The molecule has 1 saturated carbocycles. The fourth-order valence-electron chi connectivity index (χ4n) is 4.83. The minimum atomic E-state index is -4.19. The lowest BCUT2D eigenvalue weighted by Crippen LogP contribution is -2.39. The first kappa shape index (κ1) is 31.5. The van der Waals surface area contributed by atoms with Crippen molar-refractivity contribution in [2.75, 3.05) is 33.7 Å². The van der Waals surface area contributed by atoms with Gasteiger partial charge in [0.1, 0.15) is 11.2 Å². The average Bonchev–Trinajstić information content (AvgIpc) is 3.37. The molecule has 12 nitrogen and oxygen atoms in total. The average molecular weight is 655 g/mol. The van der Waals surface area contributed by atoms with E-state index in [1.54, 1.807) is 24.6 Å². The summed E-state index contributed by atoms with van der Waals surface area (Å²) in [6.07, 6.45) is 0.0172. The summed E-state index contributed by atoms with van der Waals surface area (Å²) < 4.78 is 85.3. The normalized spacial score (nSPS) is 17.6. The summed E-state index contributed by atoms with van der Waals surface area (Å²) in [5.74, 6) is 0. The summed E-state index contributed by atoms with van der Waals surface area (Å²) in [4.78, 5) is 1.82. The van der Waals surface area contributed by atoms with E-state index < -0.39 is 42.3 Å². The van der Waals surface area contributed by atoms with Crippen molar-refractivity contribution in [2.45, 2.75) is 61.8 Å². The fraction of sp³-hybridized carbons (Fsp3) is 0.538. The van der Waals surface area contributed by atoms with E-state index in [-0.39, 0.29) is 28.7 Å². The smallest absolute Gasteiger partial charge is 0.291 e. The minimum absolute atomic E-state index is 0.108. The summed E-state index contributed by atoms with van der Waals surface area (Å²) in [6.45, 7) is 4.50. The molecule has 5 rings (SSSR count). The van der Waals surface area contributed by atoms with Gasteiger partial charge in [0.15, 0.2) is 10.0 Å². The number of nitrogens with zero attached hydrogens (tertiary/aromatic N) is 7. The van der Waals surface area contributed by atoms with Gasteiger partial charge in [-0.05, 0) is 64.9 Å². The molecule has 1 aromatic carbocycles. The van der Waals surface area contributed by atoms with Gasteiger partial charge in [0, 0.05) is 30.6 Å². The third-order valence-corrected chi connectivity index (χ3v) is 12.2. The first-order valence-electron chi connectivity index (χ1n) is 13.6. The fourth-order valence-corrected chi connectivity index (χ4v) is 8.18. The molecular weight excluding hydrogens is 623 g/mol. The Morgan fingerprint density at radius 1 is 1.19 bits per heavy atom. The maximum Gasteiger partial charge on any atom is 0.291 e. The largest absolute Gasteiger partial charge is 0.308 e. The molecule has 17 heteroatoms. The molecule has 3 heterocycles. The number of sulfonamides is 2. The predicted molar refractivity (Wildman–Crippen MR) is 158 cm³/mol. The van der Waals surface area contributed by atoms with Gasteiger partial charge in [-0.2, -0.15) is 19.4 Å². The van der Waals surface area contributed by atoms with E-state index in [1.165, 1.54) is 16.4 Å². The Kier molecular flexibility index (Phi) is 8.48. The van der Waals surface area contributed by atoms with Gasteiger partial charge in [-0.1, -0.05) is 17.4 Å². The minimum Gasteiger partial charge on any atom is -0.308 e. The molecule has 0 unspecified atom stereocenters. The molecule has 43 heavy (non-hydrogen) atoms. The van der Waals surface area contributed by atoms with E-state index in [0.29, 0.717) is 60.2 Å². The lowest BCUT2D eigenvalue weighted by molar-refractivity contribution is 0.150. The molecule has 1 fully saturated rings. The molecule has 1 aliphatic heterocycles. The van der Waals surface area contributed by atoms with Gasteiger partial charge < -0.3 is 4.90 Å². The molecule has 0 saturated heterocycles. The summed E-state index contributed by atoms with van der Waals surface area (Å²) in [6, 6.07) is 4.97. The molecule has 2 aromatic heterocycles.